The van der Waals surface area contributed by atoms with Gasteiger partial charge in [-0.25, -0.2) is 4.98 Å². The Morgan fingerprint density at radius 1 is 1.32 bits per heavy atom. The van der Waals surface area contributed by atoms with Crippen LogP contribution >= 0.6 is 11.3 Å². The van der Waals surface area contributed by atoms with Crippen molar-refractivity contribution >= 4 is 44.7 Å². The van der Waals surface area contributed by atoms with E-state index in [2.05, 4.69) is 15.6 Å². The number of aryl methyl sites for hydroxylation is 1. The first-order valence-corrected chi connectivity index (χ1v) is 8.64. The number of nitrogens with one attached hydrogen (secondary N) is 2. The molecule has 0 fully saturated rings. The second kappa shape index (κ2) is 6.18. The van der Waals surface area contributed by atoms with Crippen molar-refractivity contribution < 1.29 is 14.3 Å². The zero-order valence-electron chi connectivity index (χ0n) is 13.4. The van der Waals surface area contributed by atoms with E-state index in [0.717, 1.165) is 15.2 Å². The number of carbonyl (C=O) groups is 2. The molecule has 2 amide bonds. The van der Waals surface area contributed by atoms with Gasteiger partial charge in [0, 0.05) is 5.69 Å². The summed E-state index contributed by atoms with van der Waals surface area (Å²) < 4.78 is 6.66. The van der Waals surface area contributed by atoms with E-state index in [1.54, 1.807) is 29.5 Å². The largest absolute Gasteiger partial charge is 0.478 e. The number of para-hydroxylation sites is 2. The molecule has 1 aliphatic rings. The van der Waals surface area contributed by atoms with E-state index in [4.69, 9.17) is 4.74 Å². The van der Waals surface area contributed by atoms with Crippen molar-refractivity contribution in [3.8, 4) is 5.75 Å². The Morgan fingerprint density at radius 2 is 2.16 bits per heavy atom. The molecule has 0 spiro atoms. The van der Waals surface area contributed by atoms with Crippen LogP contribution < -0.4 is 15.4 Å². The Morgan fingerprint density at radius 3 is 3.04 bits per heavy atom. The summed E-state index contributed by atoms with van der Waals surface area (Å²) in [6, 6.07) is 12.7. The van der Waals surface area contributed by atoms with Crippen molar-refractivity contribution in [3.63, 3.8) is 0 Å². The summed E-state index contributed by atoms with van der Waals surface area (Å²) >= 11 is 1.57. The van der Waals surface area contributed by atoms with E-state index < -0.39 is 6.10 Å². The van der Waals surface area contributed by atoms with Crippen molar-refractivity contribution in [2.24, 2.45) is 0 Å². The molecule has 0 radical (unpaired) electrons. The predicted octanol–water partition coefficient (Wildman–Crippen LogP) is 3.33. The minimum atomic E-state index is -0.843. The molecular weight excluding hydrogens is 338 g/mol. The zero-order valence-corrected chi connectivity index (χ0v) is 14.2. The first-order valence-electron chi connectivity index (χ1n) is 7.82. The summed E-state index contributed by atoms with van der Waals surface area (Å²) in [6.07, 6.45) is -0.899. The van der Waals surface area contributed by atoms with Gasteiger partial charge in [-0.3, -0.25) is 9.59 Å². The van der Waals surface area contributed by atoms with Gasteiger partial charge in [-0.2, -0.15) is 0 Å². The van der Waals surface area contributed by atoms with Gasteiger partial charge in [-0.05, 0) is 37.3 Å². The maximum atomic E-state index is 12.3. The van der Waals surface area contributed by atoms with Crippen LogP contribution in [-0.4, -0.2) is 22.9 Å². The SMILES string of the molecule is Cc1nc2ccc(NC(=O)C[C@H]3Oc4ccccc4NC3=O)cc2s1. The molecule has 7 heteroatoms. The van der Waals surface area contributed by atoms with Crippen LogP contribution in [0.5, 0.6) is 5.75 Å². The molecule has 0 aliphatic carbocycles. The van der Waals surface area contributed by atoms with E-state index in [-0.39, 0.29) is 18.2 Å². The minimum absolute atomic E-state index is 0.0556. The number of rotatable bonds is 3. The molecule has 126 valence electrons. The topological polar surface area (TPSA) is 80.3 Å². The molecular formula is C18H15N3O3S. The highest BCUT2D eigenvalue weighted by Gasteiger charge is 2.29. The number of thiazole rings is 1. The van der Waals surface area contributed by atoms with Crippen LogP contribution in [0.1, 0.15) is 11.4 Å². The highest BCUT2D eigenvalue weighted by Crippen LogP contribution is 2.30. The summed E-state index contributed by atoms with van der Waals surface area (Å²) in [6.45, 7) is 1.94. The van der Waals surface area contributed by atoms with Gasteiger partial charge in [-0.1, -0.05) is 12.1 Å². The van der Waals surface area contributed by atoms with Crippen LogP contribution in [0.25, 0.3) is 10.2 Å². The Kier molecular flexibility index (Phi) is 3.85. The summed E-state index contributed by atoms with van der Waals surface area (Å²) in [7, 11) is 0. The molecule has 0 saturated heterocycles. The molecule has 6 nitrogen and oxygen atoms in total. The molecule has 3 aromatic rings. The molecule has 1 aliphatic heterocycles. The van der Waals surface area contributed by atoms with Crippen LogP contribution in [0, 0.1) is 6.92 Å². The van der Waals surface area contributed by atoms with Crippen LogP contribution in [0.3, 0.4) is 0 Å². The number of hydrogen-bond donors (Lipinski definition) is 2. The lowest BCUT2D eigenvalue weighted by molar-refractivity contribution is -0.128. The molecule has 2 N–H and O–H groups in total. The van der Waals surface area contributed by atoms with E-state index in [9.17, 15) is 9.59 Å². The van der Waals surface area contributed by atoms with Crippen LogP contribution in [0.2, 0.25) is 0 Å². The van der Waals surface area contributed by atoms with Crippen LogP contribution in [-0.2, 0) is 9.59 Å². The van der Waals surface area contributed by atoms with Crippen molar-refractivity contribution in [3.05, 3.63) is 47.5 Å². The van der Waals surface area contributed by atoms with Crippen LogP contribution in [0.15, 0.2) is 42.5 Å². The number of benzene rings is 2. The molecule has 2 heterocycles. The first kappa shape index (κ1) is 15.6. The Hall–Kier alpha value is -2.93. The lowest BCUT2D eigenvalue weighted by Gasteiger charge is -2.25. The maximum Gasteiger partial charge on any atom is 0.266 e. The fourth-order valence-corrected chi connectivity index (χ4v) is 3.59. The summed E-state index contributed by atoms with van der Waals surface area (Å²) in [5.74, 6) is -0.0241. The van der Waals surface area contributed by atoms with Gasteiger partial charge in [0.1, 0.15) is 5.75 Å². The zero-order chi connectivity index (χ0) is 17.4. The second-order valence-electron chi connectivity index (χ2n) is 5.76. The second-order valence-corrected chi connectivity index (χ2v) is 6.99. The Bertz CT molecular complexity index is 983. The third-order valence-corrected chi connectivity index (χ3v) is 4.79. The predicted molar refractivity (Wildman–Crippen MR) is 97.1 cm³/mol. The van der Waals surface area contributed by atoms with Gasteiger partial charge in [0.05, 0.1) is 27.3 Å². The lowest BCUT2D eigenvalue weighted by atomic mass is 10.1. The molecule has 1 atom stereocenters. The molecule has 0 bridgehead atoms. The van der Waals surface area contributed by atoms with Crippen molar-refractivity contribution in [1.82, 2.24) is 4.98 Å². The third-order valence-electron chi connectivity index (χ3n) is 3.86. The monoisotopic (exact) mass is 353 g/mol. The standard InChI is InChI=1S/C18H15N3O3S/c1-10-19-13-7-6-11(8-16(13)25-10)20-17(22)9-15-18(23)21-12-4-2-3-5-14(12)24-15/h2-8,15H,9H2,1H3,(H,20,22)(H,21,23)/t15-/m1/s1. The van der Waals surface area contributed by atoms with E-state index in [0.29, 0.717) is 17.1 Å². The number of ether oxygens (including phenoxy) is 1. The summed E-state index contributed by atoms with van der Waals surface area (Å²) in [5, 5.41) is 6.55. The van der Waals surface area contributed by atoms with Gasteiger partial charge >= 0.3 is 0 Å². The van der Waals surface area contributed by atoms with Crippen molar-refractivity contribution in [2.75, 3.05) is 10.6 Å². The smallest absolute Gasteiger partial charge is 0.266 e. The number of anilines is 2. The molecule has 0 saturated carbocycles. The molecule has 0 unspecified atom stereocenters. The normalized spacial score (nSPS) is 16.0. The molecule has 4 rings (SSSR count). The quantitative estimate of drug-likeness (QED) is 0.757. The fourth-order valence-electron chi connectivity index (χ4n) is 2.73. The number of hydrogen-bond acceptors (Lipinski definition) is 5. The van der Waals surface area contributed by atoms with Crippen LogP contribution in [0.4, 0.5) is 11.4 Å². The van der Waals surface area contributed by atoms with Crippen molar-refractivity contribution in [2.45, 2.75) is 19.4 Å². The number of nitrogens with zero attached hydrogens (tertiary/aromatic N) is 1. The lowest BCUT2D eigenvalue weighted by Crippen LogP contribution is -2.39. The van der Waals surface area contributed by atoms with Crippen molar-refractivity contribution in [1.29, 1.82) is 0 Å². The van der Waals surface area contributed by atoms with Gasteiger partial charge in [-0.15, -0.1) is 11.3 Å². The van der Waals surface area contributed by atoms with Gasteiger partial charge < -0.3 is 15.4 Å². The molecule has 1 aromatic heterocycles. The fraction of sp³-hybridized carbons (Fsp3) is 0.167. The van der Waals surface area contributed by atoms with E-state index >= 15 is 0 Å². The molecule has 2 aromatic carbocycles. The van der Waals surface area contributed by atoms with E-state index in [1.165, 1.54) is 0 Å². The number of amides is 2. The Labute approximate surface area is 147 Å². The highest BCUT2D eigenvalue weighted by molar-refractivity contribution is 7.18. The Balaban J connectivity index is 1.45. The maximum absolute atomic E-state index is 12.3. The summed E-state index contributed by atoms with van der Waals surface area (Å²) in [4.78, 5) is 28.8. The average molecular weight is 353 g/mol. The van der Waals surface area contributed by atoms with E-state index in [1.807, 2.05) is 31.2 Å². The number of carbonyl (C=O) groups excluding carboxylic acids is 2. The highest BCUT2D eigenvalue weighted by atomic mass is 32.1. The molecule has 25 heavy (non-hydrogen) atoms. The first-order chi connectivity index (χ1) is 12.1. The number of aromatic nitrogens is 1. The summed E-state index contributed by atoms with van der Waals surface area (Å²) in [5.41, 5.74) is 2.21. The van der Waals surface area contributed by atoms with Gasteiger partial charge in [0.25, 0.3) is 5.91 Å². The number of fused-ring (bicyclic) bond motifs is 2. The third kappa shape index (κ3) is 3.18. The average Bonchev–Trinajstić information content (AvgIpc) is 2.95. The minimum Gasteiger partial charge on any atom is -0.478 e. The van der Waals surface area contributed by atoms with Gasteiger partial charge in [0.2, 0.25) is 5.91 Å². The van der Waals surface area contributed by atoms with Gasteiger partial charge in [0.15, 0.2) is 6.10 Å².